The van der Waals surface area contributed by atoms with Crippen molar-refractivity contribution in [2.45, 2.75) is 64.8 Å². The summed E-state index contributed by atoms with van der Waals surface area (Å²) in [5.41, 5.74) is 4.43. The second-order valence-electron chi connectivity index (χ2n) is 12.4. The zero-order valence-electron chi connectivity index (χ0n) is 25.1. The number of nitrogens with zero attached hydrogens (tertiary/aromatic N) is 3. The summed E-state index contributed by atoms with van der Waals surface area (Å²) < 4.78 is 1.76. The number of aryl methyl sites for hydroxylation is 1. The zero-order valence-corrected chi connectivity index (χ0v) is 25.1. The van der Waals surface area contributed by atoms with Gasteiger partial charge >= 0.3 is 12.1 Å². The van der Waals surface area contributed by atoms with Crippen molar-refractivity contribution < 1.29 is 19.2 Å². The number of amides is 6. The normalized spacial score (nSPS) is 17.4. The summed E-state index contributed by atoms with van der Waals surface area (Å²) in [5, 5.41) is 15.5. The van der Waals surface area contributed by atoms with Crippen LogP contribution in [0.25, 0.3) is 5.69 Å². The quantitative estimate of drug-likeness (QED) is 0.303. The minimum absolute atomic E-state index is 0.0375. The van der Waals surface area contributed by atoms with Crippen LogP contribution in [0, 0.1) is 12.8 Å². The molecule has 5 rings (SSSR count). The molecule has 3 heterocycles. The number of aromatic nitrogens is 2. The van der Waals surface area contributed by atoms with E-state index in [1.165, 1.54) is 0 Å². The molecule has 2 saturated heterocycles. The number of carbonyl (C=O) groups excluding carboxylic acids is 4. The fourth-order valence-corrected chi connectivity index (χ4v) is 5.41. The number of carbonyl (C=O) groups is 4. The number of imide groups is 1. The first-order chi connectivity index (χ1) is 20.5. The highest BCUT2D eigenvalue weighted by Gasteiger charge is 2.33. The molecular weight excluding hydrogens is 546 g/mol. The van der Waals surface area contributed by atoms with Gasteiger partial charge in [-0.05, 0) is 55.9 Å². The molecule has 0 bridgehead atoms. The highest BCUT2D eigenvalue weighted by Crippen LogP contribution is 2.28. The van der Waals surface area contributed by atoms with Crippen LogP contribution in [0.5, 0.6) is 0 Å². The van der Waals surface area contributed by atoms with Gasteiger partial charge in [-0.15, -0.1) is 0 Å². The monoisotopic (exact) mass is 585 g/mol. The van der Waals surface area contributed by atoms with Gasteiger partial charge in [-0.25, -0.2) is 14.3 Å². The third-order valence-electron chi connectivity index (χ3n) is 7.98. The lowest BCUT2D eigenvalue weighted by molar-refractivity contribution is -0.135. The van der Waals surface area contributed by atoms with Crippen molar-refractivity contribution in [1.82, 2.24) is 25.3 Å². The van der Waals surface area contributed by atoms with E-state index in [0.717, 1.165) is 47.5 Å². The standard InChI is InChI=1S/C32H39N7O4/c1-20-9-11-23(12-10-20)39-27(19-26(37-39)32(2,3)4)35-30(42)33-24-8-6-5-7-22(24)17-21-13-15-38(16-14-21)28(40)18-25-29(41)36-31(43)34-25/h5-12,19,21,25H,13-18H2,1-4H3,(H2,33,35,42)(H2,34,36,41,43). The Morgan fingerprint density at radius 3 is 2.35 bits per heavy atom. The maximum atomic E-state index is 13.3. The van der Waals surface area contributed by atoms with Crippen LogP contribution in [0.15, 0.2) is 54.6 Å². The lowest BCUT2D eigenvalue weighted by atomic mass is 9.89. The number of hydrogen-bond acceptors (Lipinski definition) is 5. The molecule has 0 saturated carbocycles. The van der Waals surface area contributed by atoms with Crippen molar-refractivity contribution in [3.05, 3.63) is 71.4 Å². The Bertz CT molecular complexity index is 1520. The highest BCUT2D eigenvalue weighted by atomic mass is 16.2. The summed E-state index contributed by atoms with van der Waals surface area (Å²) in [6, 6.07) is 15.9. The van der Waals surface area contributed by atoms with E-state index in [-0.39, 0.29) is 23.8 Å². The molecule has 0 aliphatic carbocycles. The molecule has 4 N–H and O–H groups in total. The van der Waals surface area contributed by atoms with Gasteiger partial charge in [0.15, 0.2) is 0 Å². The number of rotatable bonds is 7. The summed E-state index contributed by atoms with van der Waals surface area (Å²) >= 11 is 0. The van der Waals surface area contributed by atoms with Gasteiger partial charge in [0.25, 0.3) is 5.91 Å². The van der Waals surface area contributed by atoms with Crippen LogP contribution < -0.4 is 21.3 Å². The van der Waals surface area contributed by atoms with Gasteiger partial charge in [0.2, 0.25) is 5.91 Å². The number of piperidine rings is 1. The Labute approximate surface area is 251 Å². The van der Waals surface area contributed by atoms with Gasteiger partial charge in [-0.2, -0.15) is 5.10 Å². The Balaban J connectivity index is 1.21. The van der Waals surface area contributed by atoms with Crippen molar-refractivity contribution >= 4 is 35.4 Å². The first kappa shape index (κ1) is 29.8. The van der Waals surface area contributed by atoms with Crippen molar-refractivity contribution in [3.8, 4) is 5.69 Å². The first-order valence-corrected chi connectivity index (χ1v) is 14.7. The number of nitrogens with one attached hydrogen (secondary N) is 4. The molecule has 0 radical (unpaired) electrons. The van der Waals surface area contributed by atoms with E-state index < -0.39 is 18.0 Å². The van der Waals surface area contributed by atoms with E-state index in [2.05, 4.69) is 42.0 Å². The topological polar surface area (TPSA) is 137 Å². The lowest BCUT2D eigenvalue weighted by Crippen LogP contribution is -2.42. The van der Waals surface area contributed by atoms with E-state index >= 15 is 0 Å². The van der Waals surface area contributed by atoms with Crippen molar-refractivity contribution in [1.29, 1.82) is 0 Å². The van der Waals surface area contributed by atoms with Gasteiger partial charge < -0.3 is 15.5 Å². The summed E-state index contributed by atoms with van der Waals surface area (Å²) in [7, 11) is 0. The molecule has 1 atom stereocenters. The van der Waals surface area contributed by atoms with Crippen molar-refractivity contribution in [2.75, 3.05) is 23.7 Å². The van der Waals surface area contributed by atoms with E-state index in [4.69, 9.17) is 5.10 Å². The molecule has 2 fully saturated rings. The number of urea groups is 2. The molecular formula is C32H39N7O4. The molecule has 2 aliphatic rings. The Hall–Kier alpha value is -4.67. The van der Waals surface area contributed by atoms with E-state index in [1.807, 2.05) is 61.5 Å². The van der Waals surface area contributed by atoms with Gasteiger partial charge in [0, 0.05) is 30.3 Å². The number of anilines is 2. The smallest absolute Gasteiger partial charge is 0.324 e. The minimum Gasteiger partial charge on any atom is -0.343 e. The summed E-state index contributed by atoms with van der Waals surface area (Å²) in [6.07, 6.45) is 2.33. The van der Waals surface area contributed by atoms with Gasteiger partial charge in [0.05, 0.1) is 17.8 Å². The molecule has 2 aromatic carbocycles. The van der Waals surface area contributed by atoms with Gasteiger partial charge in [-0.3, -0.25) is 20.2 Å². The molecule has 2 aliphatic heterocycles. The van der Waals surface area contributed by atoms with Crippen LogP contribution in [-0.2, 0) is 21.4 Å². The second-order valence-corrected chi connectivity index (χ2v) is 12.4. The average Bonchev–Trinajstić information content (AvgIpc) is 3.52. The summed E-state index contributed by atoms with van der Waals surface area (Å²) in [5.74, 6) is 0.312. The van der Waals surface area contributed by atoms with Gasteiger partial charge in [0.1, 0.15) is 11.9 Å². The SMILES string of the molecule is Cc1ccc(-n2nc(C(C)(C)C)cc2NC(=O)Nc2ccccc2CC2CCN(C(=O)CC3NC(=O)NC3=O)CC2)cc1. The Morgan fingerprint density at radius 2 is 1.70 bits per heavy atom. The predicted molar refractivity (Wildman–Crippen MR) is 164 cm³/mol. The van der Waals surface area contributed by atoms with Crippen LogP contribution in [0.1, 0.15) is 56.9 Å². The lowest BCUT2D eigenvalue weighted by Gasteiger charge is -2.32. The first-order valence-electron chi connectivity index (χ1n) is 14.7. The third-order valence-corrected chi connectivity index (χ3v) is 7.98. The van der Waals surface area contributed by atoms with Crippen LogP contribution in [-0.4, -0.2) is 57.7 Å². The number of benzene rings is 2. The summed E-state index contributed by atoms with van der Waals surface area (Å²) in [4.78, 5) is 50.9. The Morgan fingerprint density at radius 1 is 1.00 bits per heavy atom. The van der Waals surface area contributed by atoms with E-state index in [0.29, 0.717) is 24.8 Å². The van der Waals surface area contributed by atoms with E-state index in [9.17, 15) is 19.2 Å². The molecule has 226 valence electrons. The van der Waals surface area contributed by atoms with Crippen molar-refractivity contribution in [3.63, 3.8) is 0 Å². The van der Waals surface area contributed by atoms with E-state index in [1.54, 1.807) is 9.58 Å². The predicted octanol–water partition coefficient (Wildman–Crippen LogP) is 4.50. The van der Waals surface area contributed by atoms with Crippen LogP contribution in [0.3, 0.4) is 0 Å². The minimum atomic E-state index is -0.808. The highest BCUT2D eigenvalue weighted by molar-refractivity contribution is 6.05. The molecule has 1 unspecified atom stereocenters. The van der Waals surface area contributed by atoms with Crippen LogP contribution >= 0.6 is 0 Å². The fourth-order valence-electron chi connectivity index (χ4n) is 5.41. The molecule has 3 aromatic rings. The molecule has 43 heavy (non-hydrogen) atoms. The average molecular weight is 586 g/mol. The largest absolute Gasteiger partial charge is 0.343 e. The zero-order chi connectivity index (χ0) is 30.7. The summed E-state index contributed by atoms with van der Waals surface area (Å²) in [6.45, 7) is 9.46. The molecule has 1 aromatic heterocycles. The molecule has 0 spiro atoms. The number of likely N-dealkylation sites (tertiary alicyclic amines) is 1. The third kappa shape index (κ3) is 7.22. The molecule has 11 heteroatoms. The number of hydrogen-bond donors (Lipinski definition) is 4. The molecule has 11 nitrogen and oxygen atoms in total. The van der Waals surface area contributed by atoms with Crippen molar-refractivity contribution in [2.24, 2.45) is 5.92 Å². The maximum absolute atomic E-state index is 13.3. The van der Waals surface area contributed by atoms with Crippen LogP contribution in [0.4, 0.5) is 21.1 Å². The molecule has 6 amide bonds. The van der Waals surface area contributed by atoms with Gasteiger partial charge in [-0.1, -0.05) is 56.7 Å². The maximum Gasteiger partial charge on any atom is 0.324 e. The second kappa shape index (κ2) is 12.3. The fraction of sp³-hybridized carbons (Fsp3) is 0.406. The number of para-hydroxylation sites is 1. The Kier molecular flexibility index (Phi) is 8.52. The van der Waals surface area contributed by atoms with Crippen LogP contribution in [0.2, 0.25) is 0 Å².